The van der Waals surface area contributed by atoms with Crippen molar-refractivity contribution >= 4 is 43.8 Å². The average molecular weight is 733 g/mol. The first-order chi connectivity index (χ1) is 24.7. The van der Waals surface area contributed by atoms with Gasteiger partial charge in [-0.3, -0.25) is 4.79 Å². The fraction of sp³-hybridized carbons (Fsp3) is 0.243. The largest absolute Gasteiger partial charge is 0.496 e. The fourth-order valence-electron chi connectivity index (χ4n) is 5.60. The highest BCUT2D eigenvalue weighted by atomic mass is 32.2. The highest BCUT2D eigenvalue weighted by Gasteiger charge is 2.26. The number of hydrogen-bond acceptors (Lipinski definition) is 12. The minimum Gasteiger partial charge on any atom is -0.496 e. The molecule has 0 bridgehead atoms. The highest BCUT2D eigenvalue weighted by Crippen LogP contribution is 2.44. The second-order valence-corrected chi connectivity index (χ2v) is 13.9. The molecule has 0 saturated carbocycles. The predicted molar refractivity (Wildman–Crippen MR) is 195 cm³/mol. The highest BCUT2D eigenvalue weighted by molar-refractivity contribution is 8.00. The molecule has 0 radical (unpaired) electrons. The molecule has 0 aliphatic heterocycles. The zero-order chi connectivity index (χ0) is 36.1. The van der Waals surface area contributed by atoms with Gasteiger partial charge in [0.2, 0.25) is 16.9 Å². The van der Waals surface area contributed by atoms with Gasteiger partial charge in [-0.1, -0.05) is 42.1 Å². The van der Waals surface area contributed by atoms with Crippen molar-refractivity contribution in [3.05, 3.63) is 89.1 Å². The van der Waals surface area contributed by atoms with Crippen LogP contribution < -0.4 is 33.8 Å². The van der Waals surface area contributed by atoms with Crippen molar-refractivity contribution in [1.29, 1.82) is 0 Å². The lowest BCUT2D eigenvalue weighted by Gasteiger charge is -2.17. The van der Waals surface area contributed by atoms with E-state index < -0.39 is 15.5 Å². The van der Waals surface area contributed by atoms with E-state index in [-0.39, 0.29) is 39.7 Å². The number of para-hydroxylation sites is 2. The molecule has 14 heteroatoms. The number of nitrogens with zero attached hydrogens (tertiary/aromatic N) is 2. The van der Waals surface area contributed by atoms with Crippen molar-refractivity contribution in [2.24, 2.45) is 0 Å². The van der Waals surface area contributed by atoms with Crippen LogP contribution in [0.1, 0.15) is 12.8 Å². The molecule has 266 valence electrons. The number of unbranched alkanes of at least 4 members (excludes halogenated alkanes) is 1. The Hall–Kier alpha value is -5.34. The van der Waals surface area contributed by atoms with E-state index in [1.165, 1.54) is 51.3 Å². The van der Waals surface area contributed by atoms with Gasteiger partial charge in [0.25, 0.3) is 10.0 Å². The van der Waals surface area contributed by atoms with Crippen LogP contribution in [-0.4, -0.2) is 65.3 Å². The summed E-state index contributed by atoms with van der Waals surface area (Å²) in [5.41, 5.74) is 1.33. The molecule has 12 nitrogen and oxygen atoms in total. The molecule has 0 spiro atoms. The van der Waals surface area contributed by atoms with Gasteiger partial charge in [0.15, 0.2) is 22.4 Å². The molecule has 6 rings (SSSR count). The Bertz CT molecular complexity index is 2330. The monoisotopic (exact) mass is 732 g/mol. The SMILES string of the molecule is COc1cc(OC)c2c(=O)c(OCCCCSc3nc4ccccc4n3S(=O)(=O)c3ccccc3)c(-c3cc(OC)c(OC)c(OC)c3)oc2c1. The molecule has 0 fully saturated rings. The summed E-state index contributed by atoms with van der Waals surface area (Å²) >= 11 is 1.33. The third kappa shape index (κ3) is 6.88. The first-order valence-electron chi connectivity index (χ1n) is 15.8. The van der Waals surface area contributed by atoms with E-state index in [2.05, 4.69) is 4.98 Å². The van der Waals surface area contributed by atoms with Crippen LogP contribution in [0.2, 0.25) is 0 Å². The van der Waals surface area contributed by atoms with Crippen LogP contribution in [0.25, 0.3) is 33.3 Å². The number of benzene rings is 4. The van der Waals surface area contributed by atoms with Crippen molar-refractivity contribution in [2.45, 2.75) is 22.9 Å². The standard InChI is InChI=1S/C37H36N2O10S2/c1-43-24-21-28(44-2)32-29(22-24)49-34(23-19-30(45-3)35(47-5)31(20-23)46-4)36(33(32)40)48-17-11-12-18-50-37-38-26-15-9-10-16-27(26)39(37)51(41,42)25-13-7-6-8-14-25/h6-10,13-16,19-22H,11-12,17-18H2,1-5H3. The van der Waals surface area contributed by atoms with Gasteiger partial charge < -0.3 is 32.8 Å². The third-order valence-corrected chi connectivity index (χ3v) is 10.9. The summed E-state index contributed by atoms with van der Waals surface area (Å²) < 4.78 is 68.8. The summed E-state index contributed by atoms with van der Waals surface area (Å²) in [5, 5.41) is 0.557. The van der Waals surface area contributed by atoms with Crippen LogP contribution >= 0.6 is 11.8 Å². The Morgan fingerprint density at radius 2 is 1.45 bits per heavy atom. The molecule has 0 saturated heterocycles. The van der Waals surface area contributed by atoms with Crippen LogP contribution in [0.4, 0.5) is 0 Å². The maximum atomic E-state index is 14.1. The number of rotatable bonds is 15. The molecule has 0 atom stereocenters. The Morgan fingerprint density at radius 3 is 2.12 bits per heavy atom. The van der Waals surface area contributed by atoms with Crippen molar-refractivity contribution in [1.82, 2.24) is 8.96 Å². The van der Waals surface area contributed by atoms with Gasteiger partial charge >= 0.3 is 0 Å². The van der Waals surface area contributed by atoms with E-state index in [1.807, 2.05) is 6.07 Å². The van der Waals surface area contributed by atoms with Crippen molar-refractivity contribution in [3.8, 4) is 45.8 Å². The van der Waals surface area contributed by atoms with E-state index in [0.29, 0.717) is 63.3 Å². The molecule has 0 aliphatic carbocycles. The smallest absolute Gasteiger partial charge is 0.270 e. The minimum absolute atomic E-state index is 0.0244. The fourth-order valence-corrected chi connectivity index (χ4v) is 8.33. The summed E-state index contributed by atoms with van der Waals surface area (Å²) in [6.45, 7) is 0.158. The number of methoxy groups -OCH3 is 5. The normalized spacial score (nSPS) is 11.5. The van der Waals surface area contributed by atoms with Gasteiger partial charge in [-0.25, -0.2) is 17.4 Å². The van der Waals surface area contributed by atoms with Crippen molar-refractivity contribution in [2.75, 3.05) is 47.9 Å². The molecular formula is C37H36N2O10S2. The Balaban J connectivity index is 1.27. The number of aromatic nitrogens is 2. The van der Waals surface area contributed by atoms with Crippen LogP contribution in [0, 0.1) is 0 Å². The molecule has 0 N–H and O–H groups in total. The van der Waals surface area contributed by atoms with Gasteiger partial charge in [0, 0.05) is 23.4 Å². The van der Waals surface area contributed by atoms with Crippen LogP contribution in [-0.2, 0) is 10.0 Å². The zero-order valence-electron chi connectivity index (χ0n) is 28.6. The lowest BCUT2D eigenvalue weighted by atomic mass is 10.1. The molecular weight excluding hydrogens is 697 g/mol. The summed E-state index contributed by atoms with van der Waals surface area (Å²) in [5.74, 6) is 2.47. The van der Waals surface area contributed by atoms with Gasteiger partial charge in [0.05, 0.1) is 58.1 Å². The summed E-state index contributed by atoms with van der Waals surface area (Å²) in [6.07, 6.45) is 1.16. The predicted octanol–water partition coefficient (Wildman–Crippen LogP) is 7.04. The molecule has 6 aromatic rings. The summed E-state index contributed by atoms with van der Waals surface area (Å²) in [6, 6.07) is 22.0. The lowest BCUT2D eigenvalue weighted by molar-refractivity contribution is 0.301. The lowest BCUT2D eigenvalue weighted by Crippen LogP contribution is -2.14. The van der Waals surface area contributed by atoms with E-state index in [9.17, 15) is 13.2 Å². The maximum absolute atomic E-state index is 14.1. The number of ether oxygens (including phenoxy) is 6. The molecule has 51 heavy (non-hydrogen) atoms. The summed E-state index contributed by atoms with van der Waals surface area (Å²) in [7, 11) is 3.56. The first kappa shape index (κ1) is 35.5. The molecule has 0 aliphatic rings. The third-order valence-electron chi connectivity index (χ3n) is 8.06. The Kier molecular flexibility index (Phi) is 10.6. The molecule has 4 aromatic carbocycles. The quantitative estimate of drug-likeness (QED) is 0.0791. The van der Waals surface area contributed by atoms with Crippen LogP contribution in [0.15, 0.2) is 98.1 Å². The van der Waals surface area contributed by atoms with Crippen LogP contribution in [0.3, 0.4) is 0 Å². The number of imidazole rings is 1. The van der Waals surface area contributed by atoms with Gasteiger partial charge in [-0.2, -0.15) is 0 Å². The summed E-state index contributed by atoms with van der Waals surface area (Å²) in [4.78, 5) is 18.9. The molecule has 2 heterocycles. The average Bonchev–Trinajstić information content (AvgIpc) is 3.55. The Morgan fingerprint density at radius 1 is 0.765 bits per heavy atom. The first-order valence-corrected chi connectivity index (χ1v) is 18.2. The van der Waals surface area contributed by atoms with Crippen molar-refractivity contribution in [3.63, 3.8) is 0 Å². The molecule has 0 unspecified atom stereocenters. The Labute approximate surface area is 298 Å². The second kappa shape index (κ2) is 15.3. The van der Waals surface area contributed by atoms with E-state index >= 15 is 0 Å². The van der Waals surface area contributed by atoms with Gasteiger partial charge in [-0.05, 0) is 49.2 Å². The second-order valence-electron chi connectivity index (χ2n) is 11.1. The minimum atomic E-state index is -3.90. The van der Waals surface area contributed by atoms with Gasteiger partial charge in [0.1, 0.15) is 22.5 Å². The van der Waals surface area contributed by atoms with E-state index in [1.54, 1.807) is 72.8 Å². The zero-order valence-corrected chi connectivity index (χ0v) is 30.3. The molecule has 2 aromatic heterocycles. The van der Waals surface area contributed by atoms with Gasteiger partial charge in [-0.15, -0.1) is 0 Å². The van der Waals surface area contributed by atoms with Crippen LogP contribution in [0.5, 0.6) is 34.5 Å². The number of thioether (sulfide) groups is 1. The maximum Gasteiger partial charge on any atom is 0.270 e. The number of hydrogen-bond donors (Lipinski definition) is 0. The van der Waals surface area contributed by atoms with E-state index in [0.717, 1.165) is 0 Å². The van der Waals surface area contributed by atoms with Crippen molar-refractivity contribution < 1.29 is 41.3 Å². The van der Waals surface area contributed by atoms with E-state index in [4.69, 9.17) is 32.8 Å². The number of fused-ring (bicyclic) bond motifs is 2. The topological polar surface area (TPSA) is 138 Å². The molecule has 0 amide bonds.